The number of carbonyl (C=O) groups is 3. The van der Waals surface area contributed by atoms with Crippen LogP contribution in [0.5, 0.6) is 0 Å². The van der Waals surface area contributed by atoms with Crippen LogP contribution in [-0.2, 0) is 50.7 Å². The standard InChI is InChI=1S/C29H48N7O17P3S.Na/c1-4-5-6-7-8-9-20(38)57-13-12-31-19(37)10-11-32-27(41)24(40)29(2,3)15-50-56(47,48)53-55(45,46)49-14-18-23(52-54(42,43)44)22(39)28(51-18)36-17-35-21-25(30)33-16-34-26(21)36;/h8-9,16-18,22-24,28,39-40H,4-7,10-15H2,1-3H3,(H,31,37)(H,32,41)(H,45,46)(H,47,48)(H2,30,33,34)(H2,42,43,44);/q;+1/p-1/b9-8+;/t18-,22-,23-,24-,28-;/m1./s1. The van der Waals surface area contributed by atoms with E-state index in [1.54, 1.807) is 0 Å². The van der Waals surface area contributed by atoms with E-state index in [1.807, 2.05) is 6.08 Å². The summed E-state index contributed by atoms with van der Waals surface area (Å²) in [5.74, 6) is -1.13. The van der Waals surface area contributed by atoms with E-state index in [2.05, 4.69) is 41.3 Å². The van der Waals surface area contributed by atoms with Crippen LogP contribution in [0.15, 0.2) is 24.8 Å². The predicted molar refractivity (Wildman–Crippen MR) is 198 cm³/mol. The maximum atomic E-state index is 12.7. The number of aliphatic hydroxyl groups excluding tert-OH is 2. The summed E-state index contributed by atoms with van der Waals surface area (Å²) >= 11 is 1.05. The zero-order valence-electron chi connectivity index (χ0n) is 32.0. The molecule has 1 fully saturated rings. The molecular weight excluding hydrogens is 866 g/mol. The topological polar surface area (TPSA) is 366 Å². The van der Waals surface area contributed by atoms with Gasteiger partial charge < -0.3 is 55.4 Å². The van der Waals surface area contributed by atoms with Crippen molar-refractivity contribution in [2.45, 2.75) is 83.5 Å². The number of imidazole rings is 1. The molecule has 0 radical (unpaired) electrons. The number of phosphoric acid groups is 3. The van der Waals surface area contributed by atoms with E-state index in [-0.39, 0.29) is 71.2 Å². The van der Waals surface area contributed by atoms with Gasteiger partial charge >= 0.3 is 45.2 Å². The van der Waals surface area contributed by atoms with Crippen LogP contribution in [0.25, 0.3) is 11.2 Å². The molecule has 0 aliphatic carbocycles. The number of anilines is 1. The fourth-order valence-electron chi connectivity index (χ4n) is 5.02. The molecule has 8 atom stereocenters. The first-order chi connectivity index (χ1) is 26.6. The van der Waals surface area contributed by atoms with E-state index in [4.69, 9.17) is 19.5 Å². The van der Waals surface area contributed by atoms with Gasteiger partial charge in [-0.15, -0.1) is 0 Å². The minimum atomic E-state index is -5.58. The number of aromatic nitrogens is 4. The molecule has 0 bridgehead atoms. The number of thioether (sulfide) groups is 1. The molecule has 0 aromatic carbocycles. The van der Waals surface area contributed by atoms with Crippen LogP contribution in [0.2, 0.25) is 0 Å². The minimum Gasteiger partial charge on any atom is -0.756 e. The number of amides is 2. The summed E-state index contributed by atoms with van der Waals surface area (Å²) in [6, 6.07) is 0. The second kappa shape index (κ2) is 23.5. The molecular formula is C29H47N7NaO17P3S. The van der Waals surface area contributed by atoms with E-state index >= 15 is 0 Å². The van der Waals surface area contributed by atoms with Crippen molar-refractivity contribution in [2.75, 3.05) is 37.8 Å². The van der Waals surface area contributed by atoms with Crippen molar-refractivity contribution in [3.05, 3.63) is 24.8 Å². The van der Waals surface area contributed by atoms with Crippen LogP contribution < -0.4 is 50.8 Å². The maximum Gasteiger partial charge on any atom is 1.00 e. The fraction of sp³-hybridized carbons (Fsp3) is 0.655. The number of ether oxygens (including phenoxy) is 1. The molecule has 3 heterocycles. The summed E-state index contributed by atoms with van der Waals surface area (Å²) in [6.07, 6.45) is 0.201. The van der Waals surface area contributed by atoms with E-state index in [0.29, 0.717) is 5.75 Å². The van der Waals surface area contributed by atoms with Crippen LogP contribution in [0.3, 0.4) is 0 Å². The average molecular weight is 914 g/mol. The molecule has 322 valence electrons. The second-order valence-corrected chi connectivity index (χ2v) is 18.4. The number of nitrogens with two attached hydrogens (primary N) is 1. The number of allylic oxidation sites excluding steroid dienone is 1. The van der Waals surface area contributed by atoms with Gasteiger partial charge in [-0.1, -0.05) is 51.5 Å². The Labute approximate surface area is 359 Å². The van der Waals surface area contributed by atoms with Crippen molar-refractivity contribution in [3.8, 4) is 0 Å². The number of rotatable bonds is 24. The number of nitrogens with one attached hydrogen (secondary N) is 2. The number of fused-ring (bicyclic) bond motifs is 1. The number of hydrogen-bond acceptors (Lipinski definition) is 19. The van der Waals surface area contributed by atoms with Crippen LogP contribution in [0.4, 0.5) is 5.82 Å². The third-order valence-corrected chi connectivity index (χ3v) is 11.9. The van der Waals surface area contributed by atoms with Crippen molar-refractivity contribution in [3.63, 3.8) is 0 Å². The van der Waals surface area contributed by atoms with Gasteiger partial charge in [0.25, 0.3) is 7.82 Å². The fourth-order valence-corrected chi connectivity index (χ4v) is 8.43. The van der Waals surface area contributed by atoms with Crippen LogP contribution in [0.1, 0.15) is 59.1 Å². The number of nitrogen functional groups attached to an aromatic ring is 1. The SMILES string of the molecule is CCCCC/C=C/C(=O)SCCNC(=O)CCNC(=O)[C@@H](O)C(C)(C)COP(=O)(O)OP(=O)(O)OC[C@H]1O[C@@H](n2cnc3c(N)ncnc32)[C@H](O)[C@@H]1OP(=O)([O-])O.[Na+]. The number of aliphatic hydroxyl groups is 2. The normalized spacial score (nSPS) is 22.1. The number of unbranched alkanes of at least 4 members (excludes halogenated alkanes) is 3. The molecule has 1 aliphatic heterocycles. The number of carbonyl (C=O) groups excluding carboxylic acids is 3. The third kappa shape index (κ3) is 17.0. The molecule has 29 heteroatoms. The van der Waals surface area contributed by atoms with E-state index in [9.17, 15) is 57.9 Å². The first kappa shape index (κ1) is 52.4. The van der Waals surface area contributed by atoms with Crippen molar-refractivity contribution in [1.29, 1.82) is 0 Å². The molecule has 2 amide bonds. The summed E-state index contributed by atoms with van der Waals surface area (Å²) < 4.78 is 61.8. The summed E-state index contributed by atoms with van der Waals surface area (Å²) in [6.45, 7) is 2.54. The Bertz CT molecular complexity index is 1870. The summed E-state index contributed by atoms with van der Waals surface area (Å²) in [4.78, 5) is 89.5. The number of phosphoric ester groups is 3. The zero-order valence-corrected chi connectivity index (χ0v) is 37.5. The van der Waals surface area contributed by atoms with Gasteiger partial charge in [-0.05, 0) is 18.9 Å². The van der Waals surface area contributed by atoms with Crippen LogP contribution in [0, 0.1) is 5.41 Å². The Morgan fingerprint density at radius 2 is 1.79 bits per heavy atom. The Hall–Kier alpha value is -1.70. The molecule has 3 rings (SSSR count). The van der Waals surface area contributed by atoms with E-state index in [1.165, 1.54) is 19.9 Å². The molecule has 1 aliphatic rings. The quantitative estimate of drug-likeness (QED) is 0.0228. The Balaban J connectivity index is 0.0000116. The molecule has 58 heavy (non-hydrogen) atoms. The van der Waals surface area contributed by atoms with Gasteiger partial charge in [0.15, 0.2) is 17.7 Å². The Morgan fingerprint density at radius 3 is 2.47 bits per heavy atom. The smallest absolute Gasteiger partial charge is 0.756 e. The number of hydrogen-bond donors (Lipinski definition) is 8. The maximum absolute atomic E-state index is 12.7. The average Bonchev–Trinajstić information content (AvgIpc) is 3.68. The van der Waals surface area contributed by atoms with E-state index < -0.39 is 84.6 Å². The van der Waals surface area contributed by atoms with Gasteiger partial charge in [0.1, 0.15) is 36.3 Å². The first-order valence-electron chi connectivity index (χ1n) is 17.3. The van der Waals surface area contributed by atoms with Crippen LogP contribution in [-0.4, -0.2) is 118 Å². The summed E-state index contributed by atoms with van der Waals surface area (Å²) in [7, 11) is -16.7. The van der Waals surface area contributed by atoms with Crippen molar-refractivity contribution in [1.82, 2.24) is 30.2 Å². The van der Waals surface area contributed by atoms with Crippen molar-refractivity contribution < 1.29 is 110 Å². The summed E-state index contributed by atoms with van der Waals surface area (Å²) in [5.41, 5.74) is 4.22. The Kier molecular flexibility index (Phi) is 21.2. The number of nitrogens with zero attached hydrogens (tertiary/aromatic N) is 4. The minimum absolute atomic E-state index is 0. The monoisotopic (exact) mass is 913 g/mol. The van der Waals surface area contributed by atoms with Crippen LogP contribution >= 0.6 is 35.2 Å². The molecule has 9 N–H and O–H groups in total. The molecule has 3 unspecified atom stereocenters. The van der Waals surface area contributed by atoms with Gasteiger partial charge in [0, 0.05) is 30.7 Å². The van der Waals surface area contributed by atoms with Gasteiger partial charge in [0.05, 0.1) is 19.5 Å². The van der Waals surface area contributed by atoms with E-state index in [0.717, 1.165) is 54.7 Å². The van der Waals surface area contributed by atoms with Gasteiger partial charge in [-0.2, -0.15) is 4.31 Å². The van der Waals surface area contributed by atoms with Gasteiger partial charge in [-0.25, -0.2) is 24.1 Å². The predicted octanol–water partition coefficient (Wildman–Crippen LogP) is -2.83. The second-order valence-electron chi connectivity index (χ2n) is 13.1. The van der Waals surface area contributed by atoms with Crippen molar-refractivity contribution >= 4 is 69.1 Å². The van der Waals surface area contributed by atoms with Gasteiger partial charge in [-0.3, -0.25) is 32.6 Å². The van der Waals surface area contributed by atoms with Crippen molar-refractivity contribution in [2.24, 2.45) is 5.41 Å². The molecule has 1 saturated heterocycles. The Morgan fingerprint density at radius 1 is 1.10 bits per heavy atom. The van der Waals surface area contributed by atoms with Gasteiger partial charge in [0.2, 0.25) is 16.9 Å². The molecule has 2 aromatic rings. The third-order valence-electron chi connectivity index (χ3n) is 7.97. The largest absolute Gasteiger partial charge is 1.00 e. The molecule has 0 spiro atoms. The molecule has 24 nitrogen and oxygen atoms in total. The zero-order chi connectivity index (χ0) is 42.6. The first-order valence-corrected chi connectivity index (χ1v) is 22.7. The molecule has 2 aromatic heterocycles. The molecule has 0 saturated carbocycles. The summed E-state index contributed by atoms with van der Waals surface area (Å²) in [5, 5.41) is 26.2.